The molecule has 4 aromatic rings. The van der Waals surface area contributed by atoms with Gasteiger partial charge in [0.1, 0.15) is 11.2 Å². The van der Waals surface area contributed by atoms with Gasteiger partial charge in [-0.25, -0.2) is 0 Å². The summed E-state index contributed by atoms with van der Waals surface area (Å²) in [6.45, 7) is 5.55. The monoisotopic (exact) mass is 531 g/mol. The fourth-order valence-electron chi connectivity index (χ4n) is 4.58. The van der Waals surface area contributed by atoms with Gasteiger partial charge in [0.05, 0.1) is 15.7 Å². The number of nitrogens with zero attached hydrogens (tertiary/aromatic N) is 2. The predicted octanol–water partition coefficient (Wildman–Crippen LogP) is 6.65. The number of hydrogen-bond donors (Lipinski definition) is 1. The van der Waals surface area contributed by atoms with Crippen molar-refractivity contribution in [1.82, 2.24) is 10.2 Å². The lowest BCUT2D eigenvalue weighted by atomic mass is 10.1. The van der Waals surface area contributed by atoms with Crippen molar-refractivity contribution in [3.8, 4) is 0 Å². The number of piperazine rings is 1. The molecule has 0 radical (unpaired) electrons. The summed E-state index contributed by atoms with van der Waals surface area (Å²) in [5.74, 6) is -0.0424. The van der Waals surface area contributed by atoms with E-state index < -0.39 is 0 Å². The average Bonchev–Trinajstić information content (AvgIpc) is 3.24. The molecule has 0 bridgehead atoms. The molecule has 2 heterocycles. The number of anilines is 1. The quantitative estimate of drug-likeness (QED) is 0.271. The first kappa shape index (κ1) is 25.6. The third-order valence-electron chi connectivity index (χ3n) is 6.47. The van der Waals surface area contributed by atoms with Gasteiger partial charge in [-0.1, -0.05) is 47.5 Å². The molecule has 0 unspecified atom stereocenters. The number of rotatable bonds is 7. The zero-order chi connectivity index (χ0) is 23.5. The molecule has 0 aliphatic carbocycles. The maximum absolute atomic E-state index is 12.7. The fraction of sp³-hybridized carbons (Fsp3) is 0.296. The number of hydrogen-bond acceptors (Lipinski definition) is 4. The van der Waals surface area contributed by atoms with Gasteiger partial charge in [0, 0.05) is 49.1 Å². The number of halogens is 3. The van der Waals surface area contributed by atoms with Crippen LogP contribution in [-0.2, 0) is 0 Å². The molecule has 184 valence electrons. The van der Waals surface area contributed by atoms with Crippen molar-refractivity contribution in [2.24, 2.45) is 0 Å². The summed E-state index contributed by atoms with van der Waals surface area (Å²) in [6, 6.07) is 19.3. The van der Waals surface area contributed by atoms with Crippen molar-refractivity contribution in [3.05, 3.63) is 76.3 Å². The van der Waals surface area contributed by atoms with Crippen LogP contribution in [0, 0.1) is 0 Å². The first-order valence-electron chi connectivity index (χ1n) is 11.7. The van der Waals surface area contributed by atoms with Gasteiger partial charge in [-0.2, -0.15) is 0 Å². The molecule has 3 aromatic carbocycles. The largest absolute Gasteiger partial charge is 0.456 e. The Bertz CT molecular complexity index is 1320. The van der Waals surface area contributed by atoms with E-state index in [1.807, 2.05) is 60.7 Å². The first-order chi connectivity index (χ1) is 16.6. The van der Waals surface area contributed by atoms with Gasteiger partial charge in [0.25, 0.3) is 5.91 Å². The van der Waals surface area contributed by atoms with Gasteiger partial charge in [-0.15, -0.1) is 12.4 Å². The van der Waals surface area contributed by atoms with E-state index in [1.165, 1.54) is 0 Å². The number of para-hydroxylation sites is 1. The zero-order valence-electron chi connectivity index (χ0n) is 19.3. The minimum atomic E-state index is -0.0424. The van der Waals surface area contributed by atoms with Crippen LogP contribution in [0.4, 0.5) is 5.69 Å². The first-order valence-corrected chi connectivity index (χ1v) is 12.5. The molecule has 0 atom stereocenters. The zero-order valence-corrected chi connectivity index (χ0v) is 21.6. The van der Waals surface area contributed by atoms with Crippen molar-refractivity contribution < 1.29 is 9.21 Å². The maximum atomic E-state index is 12.7. The van der Waals surface area contributed by atoms with Crippen LogP contribution < -0.4 is 10.2 Å². The summed E-state index contributed by atoms with van der Waals surface area (Å²) in [6.07, 6.45) is 1.99. The Labute approximate surface area is 221 Å². The molecule has 8 heteroatoms. The van der Waals surface area contributed by atoms with Crippen molar-refractivity contribution >= 4 is 69.1 Å². The summed E-state index contributed by atoms with van der Waals surface area (Å²) in [5.41, 5.74) is 3.31. The summed E-state index contributed by atoms with van der Waals surface area (Å²) >= 11 is 12.5. The van der Waals surface area contributed by atoms with E-state index in [0.717, 1.165) is 73.2 Å². The lowest BCUT2D eigenvalue weighted by Gasteiger charge is -2.36. The Hall–Kier alpha value is -2.44. The lowest BCUT2D eigenvalue weighted by molar-refractivity contribution is 0.0952. The van der Waals surface area contributed by atoms with Crippen LogP contribution >= 0.6 is 35.6 Å². The van der Waals surface area contributed by atoms with E-state index in [2.05, 4.69) is 15.1 Å². The molecule has 1 saturated heterocycles. The highest BCUT2D eigenvalue weighted by molar-refractivity contribution is 6.43. The molecule has 35 heavy (non-hydrogen) atoms. The minimum absolute atomic E-state index is 0. The Morgan fingerprint density at radius 1 is 0.886 bits per heavy atom. The van der Waals surface area contributed by atoms with Crippen LogP contribution in [0.5, 0.6) is 0 Å². The van der Waals surface area contributed by atoms with Gasteiger partial charge < -0.3 is 14.6 Å². The summed E-state index contributed by atoms with van der Waals surface area (Å²) in [5, 5.41) is 6.30. The Morgan fingerprint density at radius 2 is 1.66 bits per heavy atom. The SMILES string of the molecule is Cl.O=C(NCCCCN1CCN(c2cccc(Cl)c2Cl)CC1)c1ccc2oc3ccccc3c2c1. The smallest absolute Gasteiger partial charge is 0.251 e. The van der Waals surface area contributed by atoms with E-state index >= 15 is 0 Å². The van der Waals surface area contributed by atoms with E-state index in [1.54, 1.807) is 0 Å². The van der Waals surface area contributed by atoms with E-state index in [4.69, 9.17) is 27.6 Å². The Morgan fingerprint density at radius 3 is 2.49 bits per heavy atom. The van der Waals surface area contributed by atoms with Crippen LogP contribution in [0.25, 0.3) is 21.9 Å². The highest BCUT2D eigenvalue weighted by Crippen LogP contribution is 2.33. The highest BCUT2D eigenvalue weighted by Gasteiger charge is 2.19. The molecule has 1 amide bonds. The second-order valence-corrected chi connectivity index (χ2v) is 9.46. The van der Waals surface area contributed by atoms with Crippen LogP contribution in [0.2, 0.25) is 10.0 Å². The van der Waals surface area contributed by atoms with Crippen LogP contribution in [-0.4, -0.2) is 50.1 Å². The van der Waals surface area contributed by atoms with Crippen molar-refractivity contribution in [3.63, 3.8) is 0 Å². The third-order valence-corrected chi connectivity index (χ3v) is 7.28. The molecular formula is C27H28Cl3N3O2. The lowest BCUT2D eigenvalue weighted by Crippen LogP contribution is -2.46. The third kappa shape index (κ3) is 5.70. The van der Waals surface area contributed by atoms with E-state index in [-0.39, 0.29) is 18.3 Å². The fourth-order valence-corrected chi connectivity index (χ4v) is 5.00. The predicted molar refractivity (Wildman–Crippen MR) is 148 cm³/mol. The molecule has 0 spiro atoms. The molecule has 1 aliphatic heterocycles. The molecule has 1 fully saturated rings. The summed E-state index contributed by atoms with van der Waals surface area (Å²) in [7, 11) is 0. The molecule has 0 saturated carbocycles. The van der Waals surface area contributed by atoms with Gasteiger partial charge >= 0.3 is 0 Å². The molecule has 1 aromatic heterocycles. The second-order valence-electron chi connectivity index (χ2n) is 8.67. The average molecular weight is 533 g/mol. The van der Waals surface area contributed by atoms with E-state index in [9.17, 15) is 4.79 Å². The summed E-state index contributed by atoms with van der Waals surface area (Å²) < 4.78 is 5.85. The Kier molecular flexibility index (Phi) is 8.45. The number of fused-ring (bicyclic) bond motifs is 3. The molecular weight excluding hydrogens is 505 g/mol. The molecule has 5 nitrogen and oxygen atoms in total. The van der Waals surface area contributed by atoms with Gasteiger partial charge in [-0.05, 0) is 55.8 Å². The number of nitrogens with one attached hydrogen (secondary N) is 1. The maximum Gasteiger partial charge on any atom is 0.251 e. The number of unbranched alkanes of at least 4 members (excludes halogenated alkanes) is 1. The van der Waals surface area contributed by atoms with Gasteiger partial charge in [0.2, 0.25) is 0 Å². The molecule has 1 N–H and O–H groups in total. The number of amides is 1. The molecule has 5 rings (SSSR count). The standard InChI is InChI=1S/C27H27Cl2N3O2.ClH/c28-22-7-5-8-23(26(22)29)32-16-14-31(15-17-32)13-4-3-12-30-27(33)19-10-11-25-21(18-19)20-6-1-2-9-24(20)34-25;/h1-2,5-11,18H,3-4,12-17H2,(H,30,33);1H. The van der Waals surface area contributed by atoms with Crippen LogP contribution in [0.3, 0.4) is 0 Å². The van der Waals surface area contributed by atoms with Crippen LogP contribution in [0.15, 0.2) is 65.1 Å². The summed E-state index contributed by atoms with van der Waals surface area (Å²) in [4.78, 5) is 17.4. The number of carbonyl (C=O) groups excluding carboxylic acids is 1. The number of furan rings is 1. The highest BCUT2D eigenvalue weighted by atomic mass is 35.5. The number of carbonyl (C=O) groups is 1. The van der Waals surface area contributed by atoms with Gasteiger partial charge in [-0.3, -0.25) is 9.69 Å². The van der Waals surface area contributed by atoms with Crippen molar-refractivity contribution in [2.45, 2.75) is 12.8 Å². The van der Waals surface area contributed by atoms with Crippen LogP contribution in [0.1, 0.15) is 23.2 Å². The minimum Gasteiger partial charge on any atom is -0.456 e. The van der Waals surface area contributed by atoms with E-state index in [0.29, 0.717) is 22.2 Å². The van der Waals surface area contributed by atoms with Gasteiger partial charge in [0.15, 0.2) is 0 Å². The van der Waals surface area contributed by atoms with Crippen molar-refractivity contribution in [1.29, 1.82) is 0 Å². The Balaban J connectivity index is 0.00000289. The normalized spacial score (nSPS) is 14.3. The number of benzene rings is 3. The van der Waals surface area contributed by atoms with Crippen molar-refractivity contribution in [2.75, 3.05) is 44.2 Å². The second kappa shape index (κ2) is 11.5. The topological polar surface area (TPSA) is 48.7 Å². The molecule has 1 aliphatic rings.